The summed E-state index contributed by atoms with van der Waals surface area (Å²) < 4.78 is 58.6. The molecule has 1 aromatic heterocycles. The fourth-order valence-electron chi connectivity index (χ4n) is 2.56. The Morgan fingerprint density at radius 2 is 2.00 bits per heavy atom. The molecular formula is C15H10ClF4NO2. The van der Waals surface area contributed by atoms with E-state index >= 15 is 0 Å². The Hall–Kier alpha value is -1.86. The maximum absolute atomic E-state index is 14.5. The van der Waals surface area contributed by atoms with Crippen LogP contribution >= 0.6 is 11.6 Å². The maximum Gasteiger partial charge on any atom is 0.414 e. The molecule has 1 aliphatic rings. The number of alkyl halides is 3. The fourth-order valence-corrected chi connectivity index (χ4v) is 2.72. The summed E-state index contributed by atoms with van der Waals surface area (Å²) in [6.07, 6.45) is -5.99. The van der Waals surface area contributed by atoms with E-state index in [-0.39, 0.29) is 27.3 Å². The number of fused-ring (bicyclic) bond motifs is 3. The summed E-state index contributed by atoms with van der Waals surface area (Å²) in [6, 6.07) is 3.64. The van der Waals surface area contributed by atoms with Gasteiger partial charge in [0.25, 0.3) is 0 Å². The number of pyridine rings is 1. The average Bonchev–Trinajstić information content (AvgIpc) is 2.44. The summed E-state index contributed by atoms with van der Waals surface area (Å²) in [7, 11) is 0. The molecule has 23 heavy (non-hydrogen) atoms. The van der Waals surface area contributed by atoms with Crippen molar-refractivity contribution in [1.82, 2.24) is 4.98 Å². The normalized spacial score (nSPS) is 17.9. The highest BCUT2D eigenvalue weighted by molar-refractivity contribution is 6.31. The summed E-state index contributed by atoms with van der Waals surface area (Å²) in [5, 5.41) is -0.222. The Bertz CT molecular complexity index is 816. The Kier molecular flexibility index (Phi) is 3.93. The third kappa shape index (κ3) is 2.98. The van der Waals surface area contributed by atoms with Gasteiger partial charge in [0.05, 0.1) is 11.6 Å². The first-order valence-corrected chi connectivity index (χ1v) is 7.02. The summed E-state index contributed by atoms with van der Waals surface area (Å²) in [5.41, 5.74) is -0.0655. The molecule has 1 aromatic carbocycles. The second kappa shape index (κ2) is 5.65. The molecule has 1 N–H and O–H groups in total. The van der Waals surface area contributed by atoms with Crippen LogP contribution in [0.15, 0.2) is 29.2 Å². The van der Waals surface area contributed by atoms with Crippen molar-refractivity contribution in [2.45, 2.75) is 25.3 Å². The molecule has 0 saturated heterocycles. The average molecular weight is 348 g/mol. The molecule has 3 rings (SSSR count). The quantitative estimate of drug-likeness (QED) is 0.736. The van der Waals surface area contributed by atoms with Gasteiger partial charge in [0.15, 0.2) is 6.10 Å². The highest BCUT2D eigenvalue weighted by Crippen LogP contribution is 2.38. The number of rotatable bonds is 0. The SMILES string of the molecule is O=c1cc2c(c[nH]1)CO[C@H](C(F)(F)F)Cc1ccc(Cl)c(F)c1-2. The molecule has 122 valence electrons. The highest BCUT2D eigenvalue weighted by atomic mass is 35.5. The number of benzene rings is 1. The van der Waals surface area contributed by atoms with Crippen molar-refractivity contribution in [2.75, 3.05) is 0 Å². The van der Waals surface area contributed by atoms with Gasteiger partial charge in [-0.25, -0.2) is 4.39 Å². The fraction of sp³-hybridized carbons (Fsp3) is 0.267. The maximum atomic E-state index is 14.5. The minimum Gasteiger partial charge on any atom is -0.364 e. The van der Waals surface area contributed by atoms with Crippen molar-refractivity contribution < 1.29 is 22.3 Å². The number of aromatic nitrogens is 1. The molecule has 0 fully saturated rings. The smallest absolute Gasteiger partial charge is 0.364 e. The van der Waals surface area contributed by atoms with Crippen LogP contribution in [0.5, 0.6) is 0 Å². The van der Waals surface area contributed by atoms with Crippen molar-refractivity contribution in [3.8, 4) is 11.1 Å². The molecule has 0 radical (unpaired) electrons. The first kappa shape index (κ1) is 16.0. The van der Waals surface area contributed by atoms with Gasteiger partial charge in [-0.15, -0.1) is 0 Å². The largest absolute Gasteiger partial charge is 0.414 e. The van der Waals surface area contributed by atoms with Gasteiger partial charge in [0.2, 0.25) is 5.56 Å². The summed E-state index contributed by atoms with van der Waals surface area (Å²) in [4.78, 5) is 13.9. The van der Waals surface area contributed by atoms with Crippen LogP contribution in [0.2, 0.25) is 5.02 Å². The van der Waals surface area contributed by atoms with E-state index < -0.39 is 36.7 Å². The van der Waals surface area contributed by atoms with E-state index in [1.165, 1.54) is 18.3 Å². The van der Waals surface area contributed by atoms with Gasteiger partial charge in [-0.05, 0) is 17.2 Å². The molecule has 1 aliphatic heterocycles. The summed E-state index contributed by atoms with van der Waals surface area (Å²) >= 11 is 5.76. The van der Waals surface area contributed by atoms with Crippen LogP contribution in [0.4, 0.5) is 17.6 Å². The number of hydrogen-bond donors (Lipinski definition) is 1. The molecule has 2 aromatic rings. The Morgan fingerprint density at radius 3 is 2.70 bits per heavy atom. The molecule has 0 amide bonds. The Balaban J connectivity index is 2.26. The lowest BCUT2D eigenvalue weighted by molar-refractivity contribution is -0.223. The molecule has 0 aliphatic carbocycles. The van der Waals surface area contributed by atoms with Gasteiger partial charge >= 0.3 is 6.18 Å². The topological polar surface area (TPSA) is 42.1 Å². The molecule has 0 saturated carbocycles. The second-order valence-electron chi connectivity index (χ2n) is 5.18. The number of ether oxygens (including phenoxy) is 1. The Labute approximate surface area is 132 Å². The lowest BCUT2D eigenvalue weighted by Crippen LogP contribution is -2.34. The lowest BCUT2D eigenvalue weighted by Gasteiger charge is -2.26. The van der Waals surface area contributed by atoms with E-state index in [0.29, 0.717) is 0 Å². The second-order valence-corrected chi connectivity index (χ2v) is 5.58. The first-order valence-electron chi connectivity index (χ1n) is 6.64. The monoisotopic (exact) mass is 347 g/mol. The third-order valence-corrected chi connectivity index (χ3v) is 3.96. The van der Waals surface area contributed by atoms with Gasteiger partial charge in [-0.3, -0.25) is 4.79 Å². The molecular weight excluding hydrogens is 338 g/mol. The van der Waals surface area contributed by atoms with Gasteiger partial charge < -0.3 is 9.72 Å². The molecule has 1 atom stereocenters. The van der Waals surface area contributed by atoms with E-state index in [0.717, 1.165) is 6.07 Å². The number of hydrogen-bond acceptors (Lipinski definition) is 2. The zero-order valence-corrected chi connectivity index (χ0v) is 12.3. The highest BCUT2D eigenvalue weighted by Gasteiger charge is 2.42. The molecule has 3 nitrogen and oxygen atoms in total. The molecule has 2 heterocycles. The van der Waals surface area contributed by atoms with Gasteiger partial charge in [0, 0.05) is 29.8 Å². The van der Waals surface area contributed by atoms with Crippen molar-refractivity contribution >= 4 is 11.6 Å². The molecule has 0 spiro atoms. The predicted octanol–water partition coefficient (Wildman–Crippen LogP) is 3.84. The minimum atomic E-state index is -4.59. The van der Waals surface area contributed by atoms with Gasteiger partial charge in [0.1, 0.15) is 5.82 Å². The Morgan fingerprint density at radius 1 is 1.26 bits per heavy atom. The summed E-state index contributed by atoms with van der Waals surface area (Å²) in [5.74, 6) is -0.848. The van der Waals surface area contributed by atoms with Crippen molar-refractivity contribution in [3.63, 3.8) is 0 Å². The van der Waals surface area contributed by atoms with E-state index in [1.54, 1.807) is 0 Å². The first-order chi connectivity index (χ1) is 10.8. The minimum absolute atomic E-state index is 0.0841. The van der Waals surface area contributed by atoms with Crippen molar-refractivity contribution in [3.05, 3.63) is 56.7 Å². The number of H-pyrrole nitrogens is 1. The lowest BCUT2D eigenvalue weighted by atomic mass is 9.92. The van der Waals surface area contributed by atoms with Crippen molar-refractivity contribution in [2.24, 2.45) is 0 Å². The van der Waals surface area contributed by atoms with Crippen LogP contribution in [0.1, 0.15) is 11.1 Å². The number of nitrogens with one attached hydrogen (secondary N) is 1. The zero-order chi connectivity index (χ0) is 16.8. The van der Waals surface area contributed by atoms with E-state index in [9.17, 15) is 22.4 Å². The van der Waals surface area contributed by atoms with E-state index in [4.69, 9.17) is 16.3 Å². The standard InChI is InChI=1S/C15H10ClF4NO2/c16-10-2-1-7-3-11(15(18,19)20)23-6-8-5-21-12(22)4-9(8)13(7)14(10)17/h1-2,4-5,11H,3,6H2,(H,21,22)/t11-/m0/s1. The molecule has 8 heteroatoms. The molecule has 0 unspecified atom stereocenters. The molecule has 0 bridgehead atoms. The van der Waals surface area contributed by atoms with Crippen LogP contribution in [0.3, 0.4) is 0 Å². The predicted molar refractivity (Wildman–Crippen MR) is 75.8 cm³/mol. The third-order valence-electron chi connectivity index (χ3n) is 3.67. The number of halogens is 5. The van der Waals surface area contributed by atoms with Crippen molar-refractivity contribution in [1.29, 1.82) is 0 Å². The van der Waals surface area contributed by atoms with Crippen LogP contribution in [-0.2, 0) is 17.8 Å². The van der Waals surface area contributed by atoms with Gasteiger partial charge in [-0.1, -0.05) is 17.7 Å². The summed E-state index contributed by atoms with van der Waals surface area (Å²) in [6.45, 7) is -0.401. The van der Waals surface area contributed by atoms with Crippen LogP contribution in [0, 0.1) is 5.82 Å². The van der Waals surface area contributed by atoms with E-state index in [2.05, 4.69) is 4.98 Å². The zero-order valence-electron chi connectivity index (χ0n) is 11.5. The van der Waals surface area contributed by atoms with Gasteiger partial charge in [-0.2, -0.15) is 13.2 Å². The number of aromatic amines is 1. The van der Waals surface area contributed by atoms with Crippen LogP contribution in [-0.4, -0.2) is 17.3 Å². The van der Waals surface area contributed by atoms with Crippen LogP contribution < -0.4 is 5.56 Å². The van der Waals surface area contributed by atoms with E-state index in [1.807, 2.05) is 0 Å². The van der Waals surface area contributed by atoms with Crippen LogP contribution in [0.25, 0.3) is 11.1 Å².